The van der Waals surface area contributed by atoms with E-state index in [1.165, 1.54) is 5.56 Å². The molecule has 4 heteroatoms. The van der Waals surface area contributed by atoms with E-state index in [4.69, 9.17) is 16.3 Å². The van der Waals surface area contributed by atoms with E-state index in [0.717, 1.165) is 35.0 Å². The summed E-state index contributed by atoms with van der Waals surface area (Å²) in [5.74, 6) is 0.762. The predicted octanol–water partition coefficient (Wildman–Crippen LogP) is 3.91. The first-order chi connectivity index (χ1) is 9.74. The third-order valence-electron chi connectivity index (χ3n) is 2.95. The molecule has 0 fully saturated rings. The van der Waals surface area contributed by atoms with Crippen molar-refractivity contribution in [2.45, 2.75) is 20.4 Å². The molecule has 0 spiro atoms. The van der Waals surface area contributed by atoms with E-state index in [1.807, 2.05) is 25.1 Å². The fourth-order valence-corrected chi connectivity index (χ4v) is 2.30. The Hall–Kier alpha value is -1.58. The first-order valence-electron chi connectivity index (χ1n) is 6.82. The Morgan fingerprint density at radius 3 is 2.75 bits per heavy atom. The van der Waals surface area contributed by atoms with Gasteiger partial charge in [-0.15, -0.1) is 0 Å². The Morgan fingerprint density at radius 2 is 2.05 bits per heavy atom. The summed E-state index contributed by atoms with van der Waals surface area (Å²) in [5, 5.41) is 4.02. The number of hydrogen-bond acceptors (Lipinski definition) is 3. The van der Waals surface area contributed by atoms with Crippen LogP contribution in [0.25, 0.3) is 11.1 Å². The maximum absolute atomic E-state index is 6.38. The van der Waals surface area contributed by atoms with Gasteiger partial charge in [-0.3, -0.25) is 4.98 Å². The Bertz CT molecular complexity index is 572. The Kier molecular flexibility index (Phi) is 5.39. The first-order valence-corrected chi connectivity index (χ1v) is 7.19. The minimum absolute atomic E-state index is 0.625. The minimum atomic E-state index is 0.625. The van der Waals surface area contributed by atoms with Crippen molar-refractivity contribution in [1.82, 2.24) is 10.3 Å². The largest absolute Gasteiger partial charge is 0.492 e. The van der Waals surface area contributed by atoms with Crippen molar-refractivity contribution in [3.63, 3.8) is 0 Å². The fourth-order valence-electron chi connectivity index (χ4n) is 1.98. The number of nitrogens with zero attached hydrogens (tertiary/aromatic N) is 1. The molecule has 0 atom stereocenters. The lowest BCUT2D eigenvalue weighted by Crippen LogP contribution is -2.11. The molecule has 1 N–H and O–H groups in total. The summed E-state index contributed by atoms with van der Waals surface area (Å²) in [5.41, 5.74) is 3.12. The molecule has 0 saturated carbocycles. The van der Waals surface area contributed by atoms with Gasteiger partial charge >= 0.3 is 0 Å². The summed E-state index contributed by atoms with van der Waals surface area (Å²) in [6.45, 7) is 6.43. The smallest absolute Gasteiger partial charge is 0.138 e. The number of hydrogen-bond donors (Lipinski definition) is 1. The molecule has 2 rings (SSSR count). The Labute approximate surface area is 124 Å². The average molecular weight is 291 g/mol. The van der Waals surface area contributed by atoms with Crippen LogP contribution in [0.4, 0.5) is 0 Å². The quantitative estimate of drug-likeness (QED) is 0.876. The van der Waals surface area contributed by atoms with Gasteiger partial charge in [-0.2, -0.15) is 0 Å². The van der Waals surface area contributed by atoms with Crippen LogP contribution in [-0.2, 0) is 6.54 Å². The second-order valence-corrected chi connectivity index (χ2v) is 4.84. The van der Waals surface area contributed by atoms with Gasteiger partial charge < -0.3 is 10.1 Å². The molecule has 0 radical (unpaired) electrons. The van der Waals surface area contributed by atoms with Crippen molar-refractivity contribution in [3.05, 3.63) is 47.2 Å². The molecule has 0 saturated heterocycles. The van der Waals surface area contributed by atoms with Crippen molar-refractivity contribution < 1.29 is 4.74 Å². The lowest BCUT2D eigenvalue weighted by molar-refractivity contribution is 0.339. The highest BCUT2D eigenvalue weighted by Gasteiger charge is 2.06. The summed E-state index contributed by atoms with van der Waals surface area (Å²) in [6.07, 6.45) is 3.51. The third-order valence-corrected chi connectivity index (χ3v) is 3.26. The van der Waals surface area contributed by atoms with Crippen LogP contribution in [0.5, 0.6) is 5.75 Å². The van der Waals surface area contributed by atoms with Gasteiger partial charge in [-0.1, -0.05) is 30.7 Å². The van der Waals surface area contributed by atoms with Gasteiger partial charge in [0.25, 0.3) is 0 Å². The van der Waals surface area contributed by atoms with Gasteiger partial charge in [-0.25, -0.2) is 0 Å². The minimum Gasteiger partial charge on any atom is -0.492 e. The maximum Gasteiger partial charge on any atom is 0.138 e. The molecule has 0 aliphatic heterocycles. The summed E-state index contributed by atoms with van der Waals surface area (Å²) >= 11 is 6.38. The molecule has 2 aromatic rings. The fraction of sp³-hybridized carbons (Fsp3) is 0.312. The van der Waals surface area contributed by atoms with Gasteiger partial charge in [0, 0.05) is 28.9 Å². The average Bonchev–Trinajstić information content (AvgIpc) is 2.46. The standard InChI is InChI=1S/C16H19ClN2O/c1-3-18-9-12-5-6-15(16(17)7-12)13-8-14(20-4-2)11-19-10-13/h5-8,10-11,18H,3-4,9H2,1-2H3. The molecular formula is C16H19ClN2O. The van der Waals surface area contributed by atoms with E-state index in [9.17, 15) is 0 Å². The molecule has 0 bridgehead atoms. The predicted molar refractivity (Wildman–Crippen MR) is 83.2 cm³/mol. The van der Waals surface area contributed by atoms with Gasteiger partial charge in [-0.05, 0) is 31.2 Å². The number of nitrogens with one attached hydrogen (secondary N) is 1. The zero-order valence-corrected chi connectivity index (χ0v) is 12.6. The van der Waals surface area contributed by atoms with E-state index < -0.39 is 0 Å². The lowest BCUT2D eigenvalue weighted by atomic mass is 10.1. The zero-order valence-electron chi connectivity index (χ0n) is 11.8. The molecule has 1 aromatic heterocycles. The third kappa shape index (κ3) is 3.71. The molecular weight excluding hydrogens is 272 g/mol. The van der Waals surface area contributed by atoms with Crippen LogP contribution in [0.3, 0.4) is 0 Å². The second kappa shape index (κ2) is 7.27. The molecule has 3 nitrogen and oxygen atoms in total. The SMILES string of the molecule is CCNCc1ccc(-c2cncc(OCC)c2)c(Cl)c1. The van der Waals surface area contributed by atoms with E-state index >= 15 is 0 Å². The van der Waals surface area contributed by atoms with Crippen LogP contribution in [0, 0.1) is 0 Å². The van der Waals surface area contributed by atoms with Crippen LogP contribution in [0.15, 0.2) is 36.7 Å². The van der Waals surface area contributed by atoms with Gasteiger partial charge in [0.2, 0.25) is 0 Å². The Morgan fingerprint density at radius 1 is 1.20 bits per heavy atom. The maximum atomic E-state index is 6.38. The summed E-state index contributed by atoms with van der Waals surface area (Å²) in [4.78, 5) is 4.20. The van der Waals surface area contributed by atoms with Gasteiger partial charge in [0.15, 0.2) is 0 Å². The lowest BCUT2D eigenvalue weighted by Gasteiger charge is -2.09. The highest BCUT2D eigenvalue weighted by atomic mass is 35.5. The first kappa shape index (κ1) is 14.8. The van der Waals surface area contributed by atoms with Gasteiger partial charge in [0.05, 0.1) is 12.8 Å². The number of benzene rings is 1. The van der Waals surface area contributed by atoms with Crippen LogP contribution < -0.4 is 10.1 Å². The molecule has 1 heterocycles. The highest BCUT2D eigenvalue weighted by Crippen LogP contribution is 2.30. The molecule has 0 amide bonds. The molecule has 1 aromatic carbocycles. The Balaban J connectivity index is 2.26. The second-order valence-electron chi connectivity index (χ2n) is 4.44. The van der Waals surface area contributed by atoms with E-state index in [0.29, 0.717) is 6.61 Å². The van der Waals surface area contributed by atoms with Crippen molar-refractivity contribution >= 4 is 11.6 Å². The number of rotatable bonds is 6. The van der Waals surface area contributed by atoms with Crippen molar-refractivity contribution in [3.8, 4) is 16.9 Å². The van der Waals surface area contributed by atoms with Crippen molar-refractivity contribution in [2.75, 3.05) is 13.2 Å². The van der Waals surface area contributed by atoms with E-state index in [-0.39, 0.29) is 0 Å². The van der Waals surface area contributed by atoms with E-state index in [1.54, 1.807) is 12.4 Å². The number of ether oxygens (including phenoxy) is 1. The zero-order chi connectivity index (χ0) is 14.4. The molecule has 0 unspecified atom stereocenters. The molecule has 0 aliphatic carbocycles. The van der Waals surface area contributed by atoms with Crippen molar-refractivity contribution in [1.29, 1.82) is 0 Å². The highest BCUT2D eigenvalue weighted by molar-refractivity contribution is 6.33. The molecule has 0 aliphatic rings. The molecule has 106 valence electrons. The number of pyridine rings is 1. The normalized spacial score (nSPS) is 10.6. The number of halogens is 1. The van der Waals surface area contributed by atoms with Crippen LogP contribution in [0.2, 0.25) is 5.02 Å². The summed E-state index contributed by atoms with van der Waals surface area (Å²) in [6, 6.07) is 8.06. The van der Waals surface area contributed by atoms with Crippen LogP contribution >= 0.6 is 11.6 Å². The van der Waals surface area contributed by atoms with Gasteiger partial charge in [0.1, 0.15) is 5.75 Å². The number of aromatic nitrogens is 1. The van der Waals surface area contributed by atoms with Crippen molar-refractivity contribution in [2.24, 2.45) is 0 Å². The molecule has 20 heavy (non-hydrogen) atoms. The van der Waals surface area contributed by atoms with Crippen LogP contribution in [0.1, 0.15) is 19.4 Å². The summed E-state index contributed by atoms with van der Waals surface area (Å²) in [7, 11) is 0. The van der Waals surface area contributed by atoms with Crippen LogP contribution in [-0.4, -0.2) is 18.1 Å². The summed E-state index contributed by atoms with van der Waals surface area (Å²) < 4.78 is 5.47. The monoisotopic (exact) mass is 290 g/mol. The topological polar surface area (TPSA) is 34.2 Å². The van der Waals surface area contributed by atoms with E-state index in [2.05, 4.69) is 23.3 Å².